The maximum absolute atomic E-state index is 13.7. The number of benzene rings is 3. The van der Waals surface area contributed by atoms with E-state index in [1.807, 2.05) is 30.5 Å². The van der Waals surface area contributed by atoms with E-state index in [2.05, 4.69) is 88.0 Å². The zero-order valence-electron chi connectivity index (χ0n) is 21.3. The molecule has 1 aromatic heterocycles. The molecule has 0 aliphatic carbocycles. The lowest BCUT2D eigenvalue weighted by molar-refractivity contribution is -0.134. The van der Waals surface area contributed by atoms with E-state index < -0.39 is 0 Å². The molecule has 1 fully saturated rings. The molecule has 3 aromatic carbocycles. The van der Waals surface area contributed by atoms with Crippen LogP contribution in [0, 0.1) is 5.92 Å². The van der Waals surface area contributed by atoms with E-state index in [1.54, 1.807) is 6.20 Å². The minimum Gasteiger partial charge on any atom is -0.341 e. The van der Waals surface area contributed by atoms with Gasteiger partial charge in [-0.2, -0.15) is 0 Å². The van der Waals surface area contributed by atoms with Crippen LogP contribution >= 0.6 is 0 Å². The van der Waals surface area contributed by atoms with Crippen LogP contribution in [0.3, 0.4) is 0 Å². The first-order valence-electron chi connectivity index (χ1n) is 13.3. The smallest absolute Gasteiger partial charge is 0.240 e. The van der Waals surface area contributed by atoms with Gasteiger partial charge in [-0.25, -0.2) is 0 Å². The van der Waals surface area contributed by atoms with Gasteiger partial charge in [-0.15, -0.1) is 0 Å². The standard InChI is InChI=1S/C33H35N3O/c37-33(36-20-17-28(18-21-36)22-26-8-3-1-4-9-26)32(23-27-10-5-2-6-11-27)35-24-29-13-15-30(16-14-29)31-12-7-19-34-25-31/h1-16,19,25,28,32,35H,17-18,20-24H2/t32-/m0/s1. The van der Waals surface area contributed by atoms with Crippen LogP contribution in [0.25, 0.3) is 11.1 Å². The van der Waals surface area contributed by atoms with Gasteiger partial charge in [-0.05, 0) is 65.5 Å². The van der Waals surface area contributed by atoms with Crippen LogP contribution in [0.1, 0.15) is 29.5 Å². The molecule has 1 N–H and O–H groups in total. The number of hydrogen-bond donors (Lipinski definition) is 1. The van der Waals surface area contributed by atoms with Gasteiger partial charge in [-0.1, -0.05) is 91.0 Å². The largest absolute Gasteiger partial charge is 0.341 e. The second kappa shape index (κ2) is 12.5. The summed E-state index contributed by atoms with van der Waals surface area (Å²) in [5.74, 6) is 0.860. The molecule has 1 amide bonds. The van der Waals surface area contributed by atoms with Crippen molar-refractivity contribution < 1.29 is 4.79 Å². The lowest BCUT2D eigenvalue weighted by atomic mass is 9.90. The van der Waals surface area contributed by atoms with Crippen molar-refractivity contribution in [2.45, 2.75) is 38.3 Å². The van der Waals surface area contributed by atoms with Crippen molar-refractivity contribution in [3.05, 3.63) is 126 Å². The number of pyridine rings is 1. The summed E-state index contributed by atoms with van der Waals surface area (Å²) in [5, 5.41) is 3.59. The minimum atomic E-state index is -0.244. The van der Waals surface area contributed by atoms with Gasteiger partial charge in [0, 0.05) is 32.0 Å². The summed E-state index contributed by atoms with van der Waals surface area (Å²) in [7, 11) is 0. The molecule has 1 saturated heterocycles. The molecule has 1 aliphatic heterocycles. The molecule has 0 spiro atoms. The van der Waals surface area contributed by atoms with Gasteiger partial charge < -0.3 is 10.2 Å². The summed E-state index contributed by atoms with van der Waals surface area (Å²) in [6.45, 7) is 2.33. The van der Waals surface area contributed by atoms with E-state index in [0.29, 0.717) is 18.9 Å². The molecule has 4 aromatic rings. The van der Waals surface area contributed by atoms with Crippen LogP contribution < -0.4 is 5.32 Å². The van der Waals surface area contributed by atoms with Gasteiger partial charge in [0.2, 0.25) is 5.91 Å². The van der Waals surface area contributed by atoms with E-state index in [9.17, 15) is 4.79 Å². The topological polar surface area (TPSA) is 45.2 Å². The highest BCUT2D eigenvalue weighted by Crippen LogP contribution is 2.23. The maximum atomic E-state index is 13.7. The van der Waals surface area contributed by atoms with Crippen LogP contribution in [0.4, 0.5) is 0 Å². The van der Waals surface area contributed by atoms with Crippen LogP contribution in [0.15, 0.2) is 109 Å². The van der Waals surface area contributed by atoms with Crippen molar-refractivity contribution in [3.8, 4) is 11.1 Å². The van der Waals surface area contributed by atoms with Crippen LogP contribution in [0.5, 0.6) is 0 Å². The Kier molecular flexibility index (Phi) is 8.39. The van der Waals surface area contributed by atoms with E-state index >= 15 is 0 Å². The SMILES string of the molecule is O=C([C@H](Cc1ccccc1)NCc1ccc(-c2cccnc2)cc1)N1CCC(Cc2ccccc2)CC1. The number of nitrogens with one attached hydrogen (secondary N) is 1. The molecule has 2 heterocycles. The van der Waals surface area contributed by atoms with E-state index in [4.69, 9.17) is 0 Å². The van der Waals surface area contributed by atoms with Gasteiger partial charge in [0.25, 0.3) is 0 Å². The van der Waals surface area contributed by atoms with Crippen LogP contribution in [-0.4, -0.2) is 34.9 Å². The zero-order chi connectivity index (χ0) is 25.3. The molecule has 0 unspecified atom stereocenters. The van der Waals surface area contributed by atoms with Crippen molar-refractivity contribution in [3.63, 3.8) is 0 Å². The second-order valence-corrected chi connectivity index (χ2v) is 10.0. The first-order valence-corrected chi connectivity index (χ1v) is 13.3. The minimum absolute atomic E-state index is 0.217. The second-order valence-electron chi connectivity index (χ2n) is 10.0. The number of carbonyl (C=O) groups excluding carboxylic acids is 1. The number of likely N-dealkylation sites (tertiary alicyclic amines) is 1. The monoisotopic (exact) mass is 489 g/mol. The lowest BCUT2D eigenvalue weighted by Gasteiger charge is -2.34. The Morgan fingerprint density at radius 3 is 2.11 bits per heavy atom. The summed E-state index contributed by atoms with van der Waals surface area (Å²) < 4.78 is 0. The third-order valence-corrected chi connectivity index (χ3v) is 7.38. The number of carbonyl (C=O) groups is 1. The average molecular weight is 490 g/mol. The molecule has 188 valence electrons. The van der Waals surface area contributed by atoms with Crippen LogP contribution in [0.2, 0.25) is 0 Å². The number of aromatic nitrogens is 1. The molecule has 0 bridgehead atoms. The Morgan fingerprint density at radius 1 is 0.784 bits per heavy atom. The quantitative estimate of drug-likeness (QED) is 0.317. The molecule has 0 radical (unpaired) electrons. The van der Waals surface area contributed by atoms with E-state index in [-0.39, 0.29) is 11.9 Å². The van der Waals surface area contributed by atoms with Gasteiger partial charge in [0.1, 0.15) is 0 Å². The molecule has 4 nitrogen and oxygen atoms in total. The summed E-state index contributed by atoms with van der Waals surface area (Å²) in [6, 6.07) is 33.3. The number of piperidine rings is 1. The number of hydrogen-bond acceptors (Lipinski definition) is 3. The lowest BCUT2D eigenvalue weighted by Crippen LogP contribution is -2.50. The fraction of sp³-hybridized carbons (Fsp3) is 0.273. The molecule has 0 saturated carbocycles. The molecular weight excluding hydrogens is 454 g/mol. The normalized spacial score (nSPS) is 14.9. The fourth-order valence-electron chi connectivity index (χ4n) is 5.21. The molecule has 5 rings (SSSR count). The van der Waals surface area contributed by atoms with Crippen molar-refractivity contribution in [1.82, 2.24) is 15.2 Å². The van der Waals surface area contributed by atoms with Crippen LogP contribution in [-0.2, 0) is 24.2 Å². The first kappa shape index (κ1) is 24.9. The molecule has 1 atom stereocenters. The highest BCUT2D eigenvalue weighted by molar-refractivity contribution is 5.82. The summed E-state index contributed by atoms with van der Waals surface area (Å²) in [6.07, 6.45) is 7.59. The third kappa shape index (κ3) is 6.93. The third-order valence-electron chi connectivity index (χ3n) is 7.38. The van der Waals surface area contributed by atoms with Crippen molar-refractivity contribution in [1.29, 1.82) is 0 Å². The predicted octanol–water partition coefficient (Wildman–Crippen LogP) is 5.93. The highest BCUT2D eigenvalue weighted by Gasteiger charge is 2.28. The molecule has 1 aliphatic rings. The predicted molar refractivity (Wildman–Crippen MR) is 150 cm³/mol. The Labute approximate surface area is 220 Å². The Hall–Kier alpha value is -3.76. The van der Waals surface area contributed by atoms with Gasteiger partial charge in [0.15, 0.2) is 0 Å². The maximum Gasteiger partial charge on any atom is 0.240 e. The van der Waals surface area contributed by atoms with E-state index in [0.717, 1.165) is 43.5 Å². The number of rotatable bonds is 9. The summed E-state index contributed by atoms with van der Waals surface area (Å²) >= 11 is 0. The highest BCUT2D eigenvalue weighted by atomic mass is 16.2. The van der Waals surface area contributed by atoms with Gasteiger partial charge in [-0.3, -0.25) is 9.78 Å². The average Bonchev–Trinajstić information content (AvgIpc) is 2.97. The van der Waals surface area contributed by atoms with Gasteiger partial charge >= 0.3 is 0 Å². The fourth-order valence-corrected chi connectivity index (χ4v) is 5.21. The van der Waals surface area contributed by atoms with Crippen molar-refractivity contribution in [2.24, 2.45) is 5.92 Å². The van der Waals surface area contributed by atoms with Crippen molar-refractivity contribution in [2.75, 3.05) is 13.1 Å². The Morgan fingerprint density at radius 2 is 1.46 bits per heavy atom. The summed E-state index contributed by atoms with van der Waals surface area (Å²) in [4.78, 5) is 20.0. The summed E-state index contributed by atoms with van der Waals surface area (Å²) in [5.41, 5.74) is 5.99. The molecular formula is C33H35N3O. The molecule has 4 heteroatoms. The van der Waals surface area contributed by atoms with E-state index in [1.165, 1.54) is 16.7 Å². The molecule has 37 heavy (non-hydrogen) atoms. The van der Waals surface area contributed by atoms with Gasteiger partial charge in [0.05, 0.1) is 6.04 Å². The zero-order valence-corrected chi connectivity index (χ0v) is 21.3. The first-order chi connectivity index (χ1) is 18.2. The Bertz CT molecular complexity index is 1240. The van der Waals surface area contributed by atoms with Crippen molar-refractivity contribution >= 4 is 5.91 Å². The number of amides is 1. The Balaban J connectivity index is 1.21. The number of nitrogens with zero attached hydrogens (tertiary/aromatic N) is 2.